The van der Waals surface area contributed by atoms with Crippen LogP contribution < -0.4 is 4.74 Å². The summed E-state index contributed by atoms with van der Waals surface area (Å²) in [6, 6.07) is 9.87. The summed E-state index contributed by atoms with van der Waals surface area (Å²) in [5.74, 6) is 0.923. The molecule has 3 aromatic rings. The summed E-state index contributed by atoms with van der Waals surface area (Å²) in [4.78, 5) is 17.5. The number of carbonyl (C=O) groups is 1. The smallest absolute Gasteiger partial charge is 0.337 e. The highest BCUT2D eigenvalue weighted by atomic mass is 32.1. The molecule has 158 valence electrons. The number of thiophene rings is 1. The van der Waals surface area contributed by atoms with Crippen LogP contribution in [0, 0.1) is 6.92 Å². The molecule has 0 aliphatic rings. The molecular formula is C24H28N2O3S. The van der Waals surface area contributed by atoms with Crippen molar-refractivity contribution in [3.63, 3.8) is 0 Å². The molecule has 0 aliphatic carbocycles. The van der Waals surface area contributed by atoms with E-state index in [1.807, 2.05) is 43.6 Å². The van der Waals surface area contributed by atoms with Crippen LogP contribution >= 0.6 is 11.3 Å². The van der Waals surface area contributed by atoms with Gasteiger partial charge in [0.1, 0.15) is 11.6 Å². The molecule has 0 saturated carbocycles. The average molecular weight is 425 g/mol. The molecule has 2 heterocycles. The fourth-order valence-corrected chi connectivity index (χ4v) is 4.46. The first kappa shape index (κ1) is 21.8. The second kappa shape index (κ2) is 9.76. The number of hydrogen-bond acceptors (Lipinski definition) is 4. The predicted molar refractivity (Wildman–Crippen MR) is 122 cm³/mol. The maximum Gasteiger partial charge on any atom is 0.337 e. The Morgan fingerprint density at radius 3 is 2.70 bits per heavy atom. The van der Waals surface area contributed by atoms with E-state index in [1.54, 1.807) is 7.11 Å². The number of methoxy groups -OCH3 is 1. The standard InChI is InChI=1S/C24H28N2O3S/c1-5-6-9-22-25-14-19(17(3)23(24(27)28)21-8-7-12-30-21)26(22)15-18-10-11-20(29-4)16(2)13-18/h7-8,10-14H,5-6,9,15H2,1-4H3,(H,27,28)/b23-17-. The van der Waals surface area contributed by atoms with E-state index in [1.165, 1.54) is 11.3 Å². The van der Waals surface area contributed by atoms with Gasteiger partial charge in [0.25, 0.3) is 0 Å². The minimum atomic E-state index is -0.918. The fourth-order valence-electron chi connectivity index (χ4n) is 3.65. The second-order valence-corrected chi connectivity index (χ2v) is 8.28. The summed E-state index contributed by atoms with van der Waals surface area (Å²) < 4.78 is 7.54. The number of imidazole rings is 1. The van der Waals surface area contributed by atoms with Crippen molar-refractivity contribution in [1.29, 1.82) is 0 Å². The largest absolute Gasteiger partial charge is 0.496 e. The fraction of sp³-hybridized carbons (Fsp3) is 0.333. The van der Waals surface area contributed by atoms with Gasteiger partial charge in [-0.15, -0.1) is 11.3 Å². The number of ether oxygens (including phenoxy) is 1. The molecule has 1 aromatic carbocycles. The Hall–Kier alpha value is -2.86. The van der Waals surface area contributed by atoms with Crippen LogP contribution in [-0.4, -0.2) is 27.7 Å². The van der Waals surface area contributed by atoms with Gasteiger partial charge in [-0.25, -0.2) is 9.78 Å². The quantitative estimate of drug-likeness (QED) is 0.450. The zero-order valence-corrected chi connectivity index (χ0v) is 18.8. The highest BCUT2D eigenvalue weighted by molar-refractivity contribution is 7.11. The number of nitrogens with zero attached hydrogens (tertiary/aromatic N) is 2. The van der Waals surface area contributed by atoms with Crippen LogP contribution in [0.1, 0.15) is 54.2 Å². The molecule has 0 atom stereocenters. The zero-order valence-electron chi connectivity index (χ0n) is 17.9. The number of benzene rings is 1. The Kier molecular flexibility index (Phi) is 7.11. The van der Waals surface area contributed by atoms with Crippen molar-refractivity contribution in [2.24, 2.45) is 0 Å². The van der Waals surface area contributed by atoms with Crippen molar-refractivity contribution < 1.29 is 14.6 Å². The molecule has 0 saturated heterocycles. The number of unbranched alkanes of at least 4 members (excludes halogenated alkanes) is 1. The Morgan fingerprint density at radius 2 is 2.10 bits per heavy atom. The van der Waals surface area contributed by atoms with Crippen molar-refractivity contribution in [2.45, 2.75) is 46.6 Å². The Bertz CT molecular complexity index is 1050. The summed E-state index contributed by atoms with van der Waals surface area (Å²) >= 11 is 1.44. The molecule has 0 bridgehead atoms. The first-order chi connectivity index (χ1) is 14.5. The minimum absolute atomic E-state index is 0.333. The van der Waals surface area contributed by atoms with Crippen LogP contribution in [0.4, 0.5) is 0 Å². The third kappa shape index (κ3) is 4.65. The van der Waals surface area contributed by atoms with Crippen molar-refractivity contribution in [3.8, 4) is 5.75 Å². The first-order valence-corrected chi connectivity index (χ1v) is 11.0. The lowest BCUT2D eigenvalue weighted by molar-refractivity contribution is -0.130. The summed E-state index contributed by atoms with van der Waals surface area (Å²) in [5.41, 5.74) is 4.11. The van der Waals surface area contributed by atoms with E-state index in [0.29, 0.717) is 12.1 Å². The molecule has 0 fully saturated rings. The van der Waals surface area contributed by atoms with Crippen LogP contribution in [0.3, 0.4) is 0 Å². The Balaban J connectivity index is 2.09. The number of hydrogen-bond donors (Lipinski definition) is 1. The number of aryl methyl sites for hydroxylation is 2. The van der Waals surface area contributed by atoms with Gasteiger partial charge in [0.2, 0.25) is 0 Å². The van der Waals surface area contributed by atoms with Gasteiger partial charge in [-0.1, -0.05) is 31.5 Å². The van der Waals surface area contributed by atoms with Gasteiger partial charge < -0.3 is 14.4 Å². The topological polar surface area (TPSA) is 64.3 Å². The first-order valence-electron chi connectivity index (χ1n) is 10.1. The Morgan fingerprint density at radius 1 is 1.30 bits per heavy atom. The van der Waals surface area contributed by atoms with Gasteiger partial charge in [0.15, 0.2) is 0 Å². The zero-order chi connectivity index (χ0) is 21.7. The third-order valence-corrected chi connectivity index (χ3v) is 6.12. The molecule has 0 radical (unpaired) electrons. The molecule has 2 aromatic heterocycles. The number of carboxylic acids is 1. The van der Waals surface area contributed by atoms with Crippen LogP contribution in [0.5, 0.6) is 5.75 Å². The third-order valence-electron chi connectivity index (χ3n) is 5.23. The molecule has 0 amide bonds. The second-order valence-electron chi connectivity index (χ2n) is 7.34. The molecule has 1 N–H and O–H groups in total. The molecule has 0 aliphatic heterocycles. The lowest BCUT2D eigenvalue weighted by Gasteiger charge is -2.15. The molecule has 0 spiro atoms. The highest BCUT2D eigenvalue weighted by Gasteiger charge is 2.20. The predicted octanol–water partition coefficient (Wildman–Crippen LogP) is 5.67. The number of aliphatic carboxylic acids is 1. The maximum atomic E-state index is 12.1. The molecule has 5 nitrogen and oxygen atoms in total. The van der Waals surface area contributed by atoms with Gasteiger partial charge >= 0.3 is 5.97 Å². The van der Waals surface area contributed by atoms with E-state index >= 15 is 0 Å². The van der Waals surface area contributed by atoms with Crippen molar-refractivity contribution in [1.82, 2.24) is 9.55 Å². The lowest BCUT2D eigenvalue weighted by Crippen LogP contribution is -2.10. The summed E-state index contributed by atoms with van der Waals surface area (Å²) in [6.45, 7) is 6.69. The molecule has 6 heteroatoms. The Labute approximate surface area is 181 Å². The van der Waals surface area contributed by atoms with Crippen LogP contribution in [0.15, 0.2) is 41.9 Å². The molecule has 0 unspecified atom stereocenters. The van der Waals surface area contributed by atoms with Crippen LogP contribution in [0.2, 0.25) is 0 Å². The van der Waals surface area contributed by atoms with Crippen molar-refractivity contribution in [3.05, 3.63) is 69.4 Å². The number of aromatic nitrogens is 2. The summed E-state index contributed by atoms with van der Waals surface area (Å²) in [6.07, 6.45) is 4.79. The van der Waals surface area contributed by atoms with Gasteiger partial charge in [0, 0.05) is 17.8 Å². The van der Waals surface area contributed by atoms with Crippen LogP contribution in [-0.2, 0) is 17.8 Å². The lowest BCUT2D eigenvalue weighted by atomic mass is 10.0. The monoisotopic (exact) mass is 424 g/mol. The van der Waals surface area contributed by atoms with Gasteiger partial charge in [-0.2, -0.15) is 0 Å². The molecule has 30 heavy (non-hydrogen) atoms. The van der Waals surface area contributed by atoms with E-state index < -0.39 is 5.97 Å². The maximum absolute atomic E-state index is 12.1. The number of carboxylic acid groups (broad SMARTS) is 1. The van der Waals surface area contributed by atoms with E-state index in [0.717, 1.165) is 58.1 Å². The normalized spacial score (nSPS) is 12.0. The minimum Gasteiger partial charge on any atom is -0.496 e. The van der Waals surface area contributed by atoms with Crippen molar-refractivity contribution >= 4 is 28.5 Å². The van der Waals surface area contributed by atoms with Crippen molar-refractivity contribution in [2.75, 3.05) is 7.11 Å². The van der Waals surface area contributed by atoms with Gasteiger partial charge in [-0.3, -0.25) is 0 Å². The van der Waals surface area contributed by atoms with Gasteiger partial charge in [0.05, 0.1) is 24.6 Å². The van der Waals surface area contributed by atoms with E-state index in [-0.39, 0.29) is 0 Å². The summed E-state index contributed by atoms with van der Waals surface area (Å²) in [5, 5.41) is 11.8. The average Bonchev–Trinajstić information content (AvgIpc) is 3.37. The SMILES string of the molecule is CCCCc1ncc(/C(C)=C(\C(=O)O)c2cccs2)n1Cc1ccc(OC)c(C)c1. The van der Waals surface area contributed by atoms with Gasteiger partial charge in [-0.05, 0) is 54.5 Å². The summed E-state index contributed by atoms with van der Waals surface area (Å²) in [7, 11) is 1.67. The highest BCUT2D eigenvalue weighted by Crippen LogP contribution is 2.31. The molecular weight excluding hydrogens is 396 g/mol. The van der Waals surface area contributed by atoms with E-state index in [9.17, 15) is 9.90 Å². The van der Waals surface area contributed by atoms with Crippen LogP contribution in [0.25, 0.3) is 11.1 Å². The number of allylic oxidation sites excluding steroid dienone is 1. The number of rotatable bonds is 9. The van der Waals surface area contributed by atoms with E-state index in [4.69, 9.17) is 4.74 Å². The van der Waals surface area contributed by atoms with E-state index in [2.05, 4.69) is 28.6 Å². The molecule has 3 rings (SSSR count).